The van der Waals surface area contributed by atoms with E-state index in [0.29, 0.717) is 23.6 Å². The van der Waals surface area contributed by atoms with E-state index in [1.54, 1.807) is 24.3 Å². The molecule has 0 aliphatic rings. The van der Waals surface area contributed by atoms with Crippen molar-refractivity contribution in [3.8, 4) is 6.07 Å². The van der Waals surface area contributed by atoms with E-state index in [1.807, 2.05) is 19.9 Å². The van der Waals surface area contributed by atoms with Gasteiger partial charge in [0.05, 0.1) is 17.7 Å². The van der Waals surface area contributed by atoms with Gasteiger partial charge in [-0.15, -0.1) is 0 Å². The minimum Gasteiger partial charge on any atom is -0.325 e. The van der Waals surface area contributed by atoms with Crippen LogP contribution in [0.3, 0.4) is 0 Å². The van der Waals surface area contributed by atoms with E-state index in [1.165, 1.54) is 0 Å². The Kier molecular flexibility index (Phi) is 4.68. The highest BCUT2D eigenvalue weighted by Crippen LogP contribution is 2.10. The van der Waals surface area contributed by atoms with Gasteiger partial charge in [0.1, 0.15) is 0 Å². The lowest BCUT2D eigenvalue weighted by molar-refractivity contribution is -0.117. The van der Waals surface area contributed by atoms with Crippen molar-refractivity contribution in [1.29, 1.82) is 5.26 Å². The smallest absolute Gasteiger partial charge is 0.241 e. The van der Waals surface area contributed by atoms with Crippen LogP contribution < -0.4 is 11.1 Å². The summed E-state index contributed by atoms with van der Waals surface area (Å²) < 4.78 is 0. The molecule has 1 amide bonds. The fraction of sp³-hybridized carbons (Fsp3) is 0.385. The fourth-order valence-corrected chi connectivity index (χ4v) is 1.48. The van der Waals surface area contributed by atoms with Gasteiger partial charge in [0.15, 0.2) is 0 Å². The summed E-state index contributed by atoms with van der Waals surface area (Å²) in [7, 11) is 0. The number of carbonyl (C=O) groups is 1. The van der Waals surface area contributed by atoms with Crippen LogP contribution in [0, 0.1) is 17.2 Å². The molecule has 1 aromatic carbocycles. The first-order valence-corrected chi connectivity index (χ1v) is 5.59. The summed E-state index contributed by atoms with van der Waals surface area (Å²) in [6.45, 7) is 4.05. The topological polar surface area (TPSA) is 78.9 Å². The average molecular weight is 231 g/mol. The van der Waals surface area contributed by atoms with Gasteiger partial charge >= 0.3 is 0 Å². The van der Waals surface area contributed by atoms with Gasteiger partial charge in [0.2, 0.25) is 5.91 Å². The van der Waals surface area contributed by atoms with E-state index >= 15 is 0 Å². The number of anilines is 1. The number of nitrogens with two attached hydrogens (primary N) is 1. The molecule has 17 heavy (non-hydrogen) atoms. The number of amides is 1. The first kappa shape index (κ1) is 13.2. The van der Waals surface area contributed by atoms with Crippen molar-refractivity contribution in [3.63, 3.8) is 0 Å². The average Bonchev–Trinajstić information content (AvgIpc) is 2.29. The predicted molar refractivity (Wildman–Crippen MR) is 67.2 cm³/mol. The molecule has 3 N–H and O–H groups in total. The van der Waals surface area contributed by atoms with Gasteiger partial charge in [0.25, 0.3) is 0 Å². The molecule has 0 aliphatic carbocycles. The van der Waals surface area contributed by atoms with Crippen LogP contribution in [0.15, 0.2) is 24.3 Å². The van der Waals surface area contributed by atoms with Crippen molar-refractivity contribution in [1.82, 2.24) is 0 Å². The molecule has 0 heterocycles. The largest absolute Gasteiger partial charge is 0.325 e. The second-order valence-corrected chi connectivity index (χ2v) is 4.41. The highest BCUT2D eigenvalue weighted by Gasteiger charge is 2.14. The summed E-state index contributed by atoms with van der Waals surface area (Å²) in [5.41, 5.74) is 6.98. The molecule has 0 saturated carbocycles. The zero-order chi connectivity index (χ0) is 12.8. The SMILES string of the molecule is CC(C)C[C@H](N)C(=O)Nc1ccc(C#N)cc1. The predicted octanol–water partition coefficient (Wildman–Crippen LogP) is 1.87. The van der Waals surface area contributed by atoms with Crippen LogP contribution in [0.5, 0.6) is 0 Å². The molecule has 0 radical (unpaired) electrons. The van der Waals surface area contributed by atoms with Crippen LogP contribution in [0.25, 0.3) is 0 Å². The second kappa shape index (κ2) is 6.02. The lowest BCUT2D eigenvalue weighted by atomic mass is 10.0. The molecule has 1 aromatic rings. The highest BCUT2D eigenvalue weighted by molar-refractivity contribution is 5.94. The Hall–Kier alpha value is -1.86. The van der Waals surface area contributed by atoms with E-state index in [9.17, 15) is 4.79 Å². The number of hydrogen-bond donors (Lipinski definition) is 2. The van der Waals surface area contributed by atoms with Gasteiger partial charge in [-0.2, -0.15) is 5.26 Å². The molecule has 0 bridgehead atoms. The number of rotatable bonds is 4. The van der Waals surface area contributed by atoms with Crippen molar-refractivity contribution in [3.05, 3.63) is 29.8 Å². The molecule has 0 unspecified atom stereocenters. The zero-order valence-electron chi connectivity index (χ0n) is 10.1. The summed E-state index contributed by atoms with van der Waals surface area (Å²) in [5.74, 6) is 0.195. The van der Waals surface area contributed by atoms with E-state index in [0.717, 1.165) is 0 Å². The number of hydrogen-bond acceptors (Lipinski definition) is 3. The summed E-state index contributed by atoms with van der Waals surface area (Å²) in [4.78, 5) is 11.7. The molecular formula is C13H17N3O. The molecule has 0 spiro atoms. The Morgan fingerprint density at radius 1 is 1.41 bits per heavy atom. The van der Waals surface area contributed by atoms with Crippen molar-refractivity contribution < 1.29 is 4.79 Å². The Morgan fingerprint density at radius 3 is 2.47 bits per heavy atom. The van der Waals surface area contributed by atoms with Crippen molar-refractivity contribution in [2.45, 2.75) is 26.3 Å². The molecule has 4 nitrogen and oxygen atoms in total. The number of nitrogens with zero attached hydrogens (tertiary/aromatic N) is 1. The third-order valence-corrected chi connectivity index (χ3v) is 2.34. The van der Waals surface area contributed by atoms with E-state index in [-0.39, 0.29) is 5.91 Å². The van der Waals surface area contributed by atoms with Crippen LogP contribution in [-0.2, 0) is 4.79 Å². The van der Waals surface area contributed by atoms with Gasteiger partial charge in [-0.25, -0.2) is 0 Å². The third-order valence-electron chi connectivity index (χ3n) is 2.34. The summed E-state index contributed by atoms with van der Waals surface area (Å²) >= 11 is 0. The Labute approximate surface area is 101 Å². The van der Waals surface area contributed by atoms with E-state index in [4.69, 9.17) is 11.0 Å². The Morgan fingerprint density at radius 2 is 2.00 bits per heavy atom. The van der Waals surface area contributed by atoms with Gasteiger partial charge in [0, 0.05) is 5.69 Å². The van der Waals surface area contributed by atoms with Crippen LogP contribution >= 0.6 is 0 Å². The van der Waals surface area contributed by atoms with Crippen LogP contribution in [-0.4, -0.2) is 11.9 Å². The second-order valence-electron chi connectivity index (χ2n) is 4.41. The highest BCUT2D eigenvalue weighted by atomic mass is 16.2. The molecule has 0 aromatic heterocycles. The van der Waals surface area contributed by atoms with Crippen molar-refractivity contribution in [2.75, 3.05) is 5.32 Å². The molecule has 4 heteroatoms. The van der Waals surface area contributed by atoms with Crippen molar-refractivity contribution >= 4 is 11.6 Å². The van der Waals surface area contributed by atoms with E-state index < -0.39 is 6.04 Å². The summed E-state index contributed by atoms with van der Waals surface area (Å²) in [6.07, 6.45) is 0.655. The maximum absolute atomic E-state index is 11.7. The monoisotopic (exact) mass is 231 g/mol. The standard InChI is InChI=1S/C13H17N3O/c1-9(2)7-12(15)13(17)16-11-5-3-10(8-14)4-6-11/h3-6,9,12H,7,15H2,1-2H3,(H,16,17)/t12-/m0/s1. The quantitative estimate of drug-likeness (QED) is 0.830. The number of carbonyl (C=O) groups excluding carboxylic acids is 1. The minimum atomic E-state index is -0.495. The molecule has 0 saturated heterocycles. The molecule has 0 fully saturated rings. The number of nitriles is 1. The normalized spacial score (nSPS) is 11.9. The first-order valence-electron chi connectivity index (χ1n) is 5.59. The number of benzene rings is 1. The Balaban J connectivity index is 2.59. The van der Waals surface area contributed by atoms with Gasteiger partial charge in [-0.1, -0.05) is 13.8 Å². The fourth-order valence-electron chi connectivity index (χ4n) is 1.48. The number of nitrogens with one attached hydrogen (secondary N) is 1. The lowest BCUT2D eigenvalue weighted by Gasteiger charge is -2.14. The van der Waals surface area contributed by atoms with Crippen LogP contribution in [0.2, 0.25) is 0 Å². The minimum absolute atomic E-state index is 0.191. The third kappa shape index (κ3) is 4.25. The zero-order valence-corrected chi connectivity index (χ0v) is 10.1. The lowest BCUT2D eigenvalue weighted by Crippen LogP contribution is -2.36. The van der Waals surface area contributed by atoms with Crippen LogP contribution in [0.4, 0.5) is 5.69 Å². The van der Waals surface area contributed by atoms with E-state index in [2.05, 4.69) is 5.32 Å². The maximum Gasteiger partial charge on any atom is 0.241 e. The molecular weight excluding hydrogens is 214 g/mol. The Bertz CT molecular complexity index is 417. The first-order chi connectivity index (χ1) is 8.02. The van der Waals surface area contributed by atoms with Gasteiger partial charge < -0.3 is 11.1 Å². The molecule has 0 aliphatic heterocycles. The molecule has 90 valence electrons. The van der Waals surface area contributed by atoms with Gasteiger partial charge in [-0.05, 0) is 36.6 Å². The molecule has 1 atom stereocenters. The van der Waals surface area contributed by atoms with Crippen LogP contribution in [0.1, 0.15) is 25.8 Å². The maximum atomic E-state index is 11.7. The van der Waals surface area contributed by atoms with Crippen molar-refractivity contribution in [2.24, 2.45) is 11.7 Å². The van der Waals surface area contributed by atoms with Gasteiger partial charge in [-0.3, -0.25) is 4.79 Å². The summed E-state index contributed by atoms with van der Waals surface area (Å²) in [6, 6.07) is 8.22. The molecule has 1 rings (SSSR count). The summed E-state index contributed by atoms with van der Waals surface area (Å²) in [5, 5.41) is 11.4.